The quantitative estimate of drug-likeness (QED) is 0.675. The summed E-state index contributed by atoms with van der Waals surface area (Å²) in [7, 11) is 1.77. The number of pyridine rings is 1. The Morgan fingerprint density at radius 1 is 1.24 bits per heavy atom. The zero-order valence-corrected chi connectivity index (χ0v) is 9.40. The van der Waals surface area contributed by atoms with Crippen molar-refractivity contribution in [3.05, 3.63) is 59.1 Å². The van der Waals surface area contributed by atoms with Crippen molar-refractivity contribution in [2.45, 2.75) is 0 Å². The highest BCUT2D eigenvalue weighted by atomic mass is 16.1. The summed E-state index contributed by atoms with van der Waals surface area (Å²) in [6.07, 6.45) is 3.67. The Labute approximate surface area is 98.3 Å². The van der Waals surface area contributed by atoms with Gasteiger partial charge in [0.05, 0.1) is 0 Å². The average Bonchev–Trinajstić information content (AvgIpc) is 2.84. The molecular formula is C14H11N2O. The number of hydrogen-bond donors (Lipinski definition) is 1. The van der Waals surface area contributed by atoms with Crippen molar-refractivity contribution in [3.63, 3.8) is 0 Å². The molecule has 0 aliphatic heterocycles. The summed E-state index contributed by atoms with van der Waals surface area (Å²) < 4.78 is 1.60. The van der Waals surface area contributed by atoms with Crippen LogP contribution in [-0.4, -0.2) is 9.55 Å². The van der Waals surface area contributed by atoms with Crippen LogP contribution in [0.4, 0.5) is 0 Å². The molecule has 0 spiro atoms. The number of fused-ring (bicyclic) bond motifs is 1. The van der Waals surface area contributed by atoms with E-state index in [4.69, 9.17) is 0 Å². The number of H-pyrrole nitrogens is 1. The van der Waals surface area contributed by atoms with E-state index in [1.54, 1.807) is 17.8 Å². The molecule has 1 aromatic carbocycles. The number of rotatable bonds is 1. The lowest BCUT2D eigenvalue weighted by Crippen LogP contribution is -2.16. The molecule has 0 bridgehead atoms. The second-order valence-electron chi connectivity index (χ2n) is 4.01. The van der Waals surface area contributed by atoms with Crippen molar-refractivity contribution in [3.8, 4) is 11.1 Å². The summed E-state index contributed by atoms with van der Waals surface area (Å²) in [5.74, 6) is 0. The number of aromatic amines is 1. The minimum absolute atomic E-state index is 0.00348. The molecule has 2 aromatic heterocycles. The van der Waals surface area contributed by atoms with Crippen molar-refractivity contribution < 1.29 is 0 Å². The number of hydrogen-bond acceptors (Lipinski definition) is 1. The monoisotopic (exact) mass is 223 g/mol. The van der Waals surface area contributed by atoms with Gasteiger partial charge >= 0.3 is 0 Å². The lowest BCUT2D eigenvalue weighted by Gasteiger charge is -2.06. The van der Waals surface area contributed by atoms with Gasteiger partial charge in [-0.15, -0.1) is 0 Å². The standard InChI is InChI=1S/C14H11N2O/c1-16-9-12(10-5-3-2-4-6-10)11-7-8-15-13(11)14(16)17/h3-9,15H,1H3. The maximum Gasteiger partial charge on any atom is 0.274 e. The molecule has 0 amide bonds. The van der Waals surface area contributed by atoms with E-state index in [0.717, 1.165) is 16.5 Å². The van der Waals surface area contributed by atoms with Crippen molar-refractivity contribution >= 4 is 10.9 Å². The number of nitrogens with zero attached hydrogens (tertiary/aromatic N) is 1. The topological polar surface area (TPSA) is 37.8 Å². The second kappa shape index (κ2) is 3.63. The van der Waals surface area contributed by atoms with Gasteiger partial charge in [-0.3, -0.25) is 4.79 Å². The minimum atomic E-state index is -0.00348. The van der Waals surface area contributed by atoms with E-state index in [9.17, 15) is 4.79 Å². The van der Waals surface area contributed by atoms with Crippen LogP contribution in [0.15, 0.2) is 47.5 Å². The fraction of sp³-hybridized carbons (Fsp3) is 0.0714. The van der Waals surface area contributed by atoms with Crippen molar-refractivity contribution in [1.29, 1.82) is 0 Å². The second-order valence-corrected chi connectivity index (χ2v) is 4.01. The molecule has 0 aliphatic rings. The molecule has 3 nitrogen and oxygen atoms in total. The lowest BCUT2D eigenvalue weighted by molar-refractivity contribution is 0.872. The maximum atomic E-state index is 11.9. The van der Waals surface area contributed by atoms with E-state index in [1.165, 1.54) is 0 Å². The van der Waals surface area contributed by atoms with Gasteiger partial charge in [0, 0.05) is 30.4 Å². The first-order valence-corrected chi connectivity index (χ1v) is 5.40. The van der Waals surface area contributed by atoms with Crippen LogP contribution >= 0.6 is 0 Å². The zero-order chi connectivity index (χ0) is 11.8. The smallest absolute Gasteiger partial charge is 0.274 e. The molecule has 0 saturated heterocycles. The predicted molar refractivity (Wildman–Crippen MR) is 67.8 cm³/mol. The molecule has 83 valence electrons. The Balaban J connectivity index is 2.42. The molecule has 0 unspecified atom stereocenters. The molecule has 1 N–H and O–H groups in total. The van der Waals surface area contributed by atoms with E-state index >= 15 is 0 Å². The molecule has 0 atom stereocenters. The van der Waals surface area contributed by atoms with Crippen molar-refractivity contribution in [2.75, 3.05) is 0 Å². The first kappa shape index (κ1) is 9.90. The lowest BCUT2D eigenvalue weighted by atomic mass is 10.0. The van der Waals surface area contributed by atoms with E-state index < -0.39 is 0 Å². The highest BCUT2D eigenvalue weighted by Gasteiger charge is 2.08. The van der Waals surface area contributed by atoms with Crippen LogP contribution in [0.1, 0.15) is 0 Å². The highest BCUT2D eigenvalue weighted by molar-refractivity contribution is 5.94. The number of aryl methyl sites for hydroxylation is 1. The van der Waals surface area contributed by atoms with Gasteiger partial charge in [0.15, 0.2) is 0 Å². The molecule has 0 aliphatic carbocycles. The van der Waals surface area contributed by atoms with E-state index in [1.807, 2.05) is 36.5 Å². The van der Waals surface area contributed by atoms with Crippen LogP contribution in [0.5, 0.6) is 0 Å². The first-order valence-electron chi connectivity index (χ1n) is 5.40. The molecule has 3 rings (SSSR count). The van der Waals surface area contributed by atoms with Gasteiger partial charge < -0.3 is 9.55 Å². The fourth-order valence-electron chi connectivity index (χ4n) is 2.07. The average molecular weight is 223 g/mol. The molecule has 17 heavy (non-hydrogen) atoms. The van der Waals surface area contributed by atoms with Crippen LogP contribution in [0.3, 0.4) is 0 Å². The SMILES string of the molecule is Cn1cc(-c2cc[c]cc2)c2cc[nH]c2c1=O. The molecule has 3 aromatic rings. The van der Waals surface area contributed by atoms with E-state index in [-0.39, 0.29) is 5.56 Å². The Bertz CT molecular complexity index is 723. The Morgan fingerprint density at radius 3 is 2.76 bits per heavy atom. The van der Waals surface area contributed by atoms with Crippen LogP contribution in [-0.2, 0) is 7.05 Å². The zero-order valence-electron chi connectivity index (χ0n) is 9.40. The van der Waals surface area contributed by atoms with Crippen LogP contribution < -0.4 is 5.56 Å². The van der Waals surface area contributed by atoms with E-state index in [0.29, 0.717) is 5.52 Å². The number of benzene rings is 1. The van der Waals surface area contributed by atoms with Gasteiger partial charge in [-0.2, -0.15) is 0 Å². The molecule has 2 heterocycles. The van der Waals surface area contributed by atoms with Gasteiger partial charge in [-0.1, -0.05) is 24.3 Å². The largest absolute Gasteiger partial charge is 0.357 e. The summed E-state index contributed by atoms with van der Waals surface area (Å²) in [4.78, 5) is 14.9. The Hall–Kier alpha value is -2.29. The summed E-state index contributed by atoms with van der Waals surface area (Å²) in [6.45, 7) is 0. The Kier molecular flexibility index (Phi) is 2.11. The normalized spacial score (nSPS) is 10.9. The van der Waals surface area contributed by atoms with Gasteiger partial charge in [-0.05, 0) is 17.7 Å². The van der Waals surface area contributed by atoms with Gasteiger partial charge in [0.2, 0.25) is 0 Å². The number of aromatic nitrogens is 2. The molecule has 1 radical (unpaired) electrons. The Morgan fingerprint density at radius 2 is 2.00 bits per heavy atom. The van der Waals surface area contributed by atoms with Gasteiger partial charge in [-0.25, -0.2) is 0 Å². The van der Waals surface area contributed by atoms with Gasteiger partial charge in [0.25, 0.3) is 5.56 Å². The minimum Gasteiger partial charge on any atom is -0.357 e. The summed E-state index contributed by atoms with van der Waals surface area (Å²) in [5, 5.41) is 0.958. The fourth-order valence-corrected chi connectivity index (χ4v) is 2.07. The highest BCUT2D eigenvalue weighted by Crippen LogP contribution is 2.25. The third-order valence-electron chi connectivity index (χ3n) is 2.92. The van der Waals surface area contributed by atoms with Gasteiger partial charge in [0.1, 0.15) is 5.52 Å². The van der Waals surface area contributed by atoms with Crippen molar-refractivity contribution in [1.82, 2.24) is 9.55 Å². The molecule has 0 fully saturated rings. The van der Waals surface area contributed by atoms with E-state index in [2.05, 4.69) is 11.1 Å². The third-order valence-corrected chi connectivity index (χ3v) is 2.92. The van der Waals surface area contributed by atoms with Crippen LogP contribution in [0, 0.1) is 6.07 Å². The van der Waals surface area contributed by atoms with Crippen molar-refractivity contribution in [2.24, 2.45) is 7.05 Å². The van der Waals surface area contributed by atoms with Crippen LogP contribution in [0.25, 0.3) is 22.0 Å². The molecule has 0 saturated carbocycles. The molecular weight excluding hydrogens is 212 g/mol. The van der Waals surface area contributed by atoms with Crippen LogP contribution in [0.2, 0.25) is 0 Å². The summed E-state index contributed by atoms with van der Waals surface area (Å²) in [5.41, 5.74) is 2.79. The summed E-state index contributed by atoms with van der Waals surface area (Å²) in [6, 6.07) is 12.7. The summed E-state index contributed by atoms with van der Waals surface area (Å²) >= 11 is 0. The molecule has 3 heteroatoms. The maximum absolute atomic E-state index is 11.9. The third kappa shape index (κ3) is 1.47. The number of nitrogens with one attached hydrogen (secondary N) is 1. The predicted octanol–water partition coefficient (Wildman–Crippen LogP) is 2.33. The first-order chi connectivity index (χ1) is 8.27.